The number of hydrogen-bond acceptors (Lipinski definition) is 4. The molecule has 0 saturated carbocycles. The van der Waals surface area contributed by atoms with Gasteiger partial charge in [0.25, 0.3) is 10.0 Å². The van der Waals surface area contributed by atoms with Gasteiger partial charge in [0.15, 0.2) is 11.6 Å². The zero-order valence-corrected chi connectivity index (χ0v) is 11.5. The highest BCUT2D eigenvalue weighted by Crippen LogP contribution is 2.24. The highest BCUT2D eigenvalue weighted by Gasteiger charge is 2.19. The van der Waals surface area contributed by atoms with E-state index in [1.165, 1.54) is 24.5 Å². The van der Waals surface area contributed by atoms with E-state index >= 15 is 0 Å². The lowest BCUT2D eigenvalue weighted by atomic mass is 10.2. The van der Waals surface area contributed by atoms with Crippen LogP contribution in [-0.4, -0.2) is 18.4 Å². The summed E-state index contributed by atoms with van der Waals surface area (Å²) >= 11 is 0. The standard InChI is InChI=1S/C14H10FN3O2S/c15-12-4-2-7-17-14(12)18-21(19,20)13-5-1-3-10-9-16-8-6-11(10)13/h1-9H,(H,17,18). The van der Waals surface area contributed by atoms with Crippen molar-refractivity contribution in [2.75, 3.05) is 4.72 Å². The Morgan fingerprint density at radius 1 is 1.05 bits per heavy atom. The van der Waals surface area contributed by atoms with Crippen molar-refractivity contribution in [2.24, 2.45) is 0 Å². The van der Waals surface area contributed by atoms with Crippen molar-refractivity contribution >= 4 is 26.6 Å². The van der Waals surface area contributed by atoms with Gasteiger partial charge in [-0.05, 0) is 24.3 Å². The molecule has 0 unspecified atom stereocenters. The summed E-state index contributed by atoms with van der Waals surface area (Å²) < 4.78 is 40.6. The Balaban J connectivity index is 2.11. The van der Waals surface area contributed by atoms with Gasteiger partial charge in [0.1, 0.15) is 0 Å². The van der Waals surface area contributed by atoms with Gasteiger partial charge < -0.3 is 0 Å². The van der Waals surface area contributed by atoms with E-state index in [1.54, 1.807) is 24.4 Å². The maximum Gasteiger partial charge on any atom is 0.263 e. The van der Waals surface area contributed by atoms with Crippen molar-refractivity contribution in [2.45, 2.75) is 4.90 Å². The molecule has 0 fully saturated rings. The van der Waals surface area contributed by atoms with Gasteiger partial charge in [-0.3, -0.25) is 9.71 Å². The van der Waals surface area contributed by atoms with E-state index in [2.05, 4.69) is 14.7 Å². The quantitative estimate of drug-likeness (QED) is 0.807. The summed E-state index contributed by atoms with van der Waals surface area (Å²) in [5.41, 5.74) is 0. The van der Waals surface area contributed by atoms with E-state index in [0.717, 1.165) is 6.07 Å². The lowest BCUT2D eigenvalue weighted by Gasteiger charge is -2.10. The maximum absolute atomic E-state index is 13.6. The number of pyridine rings is 2. The second-order valence-electron chi connectivity index (χ2n) is 4.29. The van der Waals surface area contributed by atoms with Crippen molar-refractivity contribution in [3.63, 3.8) is 0 Å². The number of nitrogens with zero attached hydrogens (tertiary/aromatic N) is 2. The topological polar surface area (TPSA) is 72.0 Å². The van der Waals surface area contributed by atoms with Crippen molar-refractivity contribution in [3.05, 3.63) is 60.8 Å². The number of nitrogens with one attached hydrogen (secondary N) is 1. The molecule has 0 amide bonds. The molecule has 0 aliphatic carbocycles. The van der Waals surface area contributed by atoms with Crippen LogP contribution < -0.4 is 4.72 Å². The molecule has 0 spiro atoms. The number of hydrogen-bond donors (Lipinski definition) is 1. The summed E-state index contributed by atoms with van der Waals surface area (Å²) in [6.07, 6.45) is 4.38. The van der Waals surface area contributed by atoms with Crippen LogP contribution in [0.5, 0.6) is 0 Å². The molecule has 2 aromatic heterocycles. The molecular formula is C14H10FN3O2S. The zero-order chi connectivity index (χ0) is 14.9. The normalized spacial score (nSPS) is 11.5. The van der Waals surface area contributed by atoms with Gasteiger partial charge in [0.05, 0.1) is 4.90 Å². The smallest absolute Gasteiger partial charge is 0.263 e. The first-order valence-corrected chi connectivity index (χ1v) is 7.52. The molecule has 0 atom stereocenters. The fourth-order valence-corrected chi connectivity index (χ4v) is 3.22. The van der Waals surface area contributed by atoms with Crippen molar-refractivity contribution in [3.8, 4) is 0 Å². The molecule has 0 bridgehead atoms. The first-order chi connectivity index (χ1) is 10.1. The fraction of sp³-hybridized carbons (Fsp3) is 0. The summed E-state index contributed by atoms with van der Waals surface area (Å²) in [6.45, 7) is 0. The van der Waals surface area contributed by atoms with Gasteiger partial charge in [0, 0.05) is 29.4 Å². The summed E-state index contributed by atoms with van der Waals surface area (Å²) in [4.78, 5) is 7.69. The fourth-order valence-electron chi connectivity index (χ4n) is 1.97. The van der Waals surface area contributed by atoms with E-state index in [1.807, 2.05) is 0 Å². The van der Waals surface area contributed by atoms with Crippen molar-refractivity contribution < 1.29 is 12.8 Å². The third-order valence-electron chi connectivity index (χ3n) is 2.92. The highest BCUT2D eigenvalue weighted by atomic mass is 32.2. The Morgan fingerprint density at radius 2 is 1.90 bits per heavy atom. The molecule has 106 valence electrons. The Hall–Kier alpha value is -2.54. The number of fused-ring (bicyclic) bond motifs is 1. The molecule has 3 aromatic rings. The second-order valence-corrected chi connectivity index (χ2v) is 5.94. The molecular weight excluding hydrogens is 293 g/mol. The summed E-state index contributed by atoms with van der Waals surface area (Å²) in [5, 5.41) is 1.19. The second kappa shape index (κ2) is 5.10. The molecule has 0 aliphatic heterocycles. The van der Waals surface area contributed by atoms with Gasteiger partial charge in [-0.2, -0.15) is 0 Å². The van der Waals surface area contributed by atoms with Crippen LogP contribution >= 0.6 is 0 Å². The monoisotopic (exact) mass is 303 g/mol. The maximum atomic E-state index is 13.6. The molecule has 0 aliphatic rings. The summed E-state index contributed by atoms with van der Waals surface area (Å²) in [6, 6.07) is 8.93. The van der Waals surface area contributed by atoms with Crippen LogP contribution in [0, 0.1) is 5.82 Å². The Morgan fingerprint density at radius 3 is 2.71 bits per heavy atom. The molecule has 21 heavy (non-hydrogen) atoms. The summed E-state index contributed by atoms with van der Waals surface area (Å²) in [7, 11) is -3.94. The summed E-state index contributed by atoms with van der Waals surface area (Å²) in [5.74, 6) is -1.06. The SMILES string of the molecule is O=S(=O)(Nc1ncccc1F)c1cccc2cnccc12. The third-order valence-corrected chi connectivity index (χ3v) is 4.32. The number of rotatable bonds is 3. The van der Waals surface area contributed by atoms with E-state index in [9.17, 15) is 12.8 Å². The van der Waals surface area contributed by atoms with Crippen LogP contribution in [0.4, 0.5) is 10.2 Å². The van der Waals surface area contributed by atoms with Crippen LogP contribution in [0.25, 0.3) is 10.8 Å². The Labute approximate surface area is 120 Å². The predicted molar refractivity (Wildman–Crippen MR) is 76.7 cm³/mol. The molecule has 0 radical (unpaired) electrons. The van der Waals surface area contributed by atoms with Crippen molar-refractivity contribution in [1.29, 1.82) is 0 Å². The molecule has 1 N–H and O–H groups in total. The van der Waals surface area contributed by atoms with Gasteiger partial charge in [-0.25, -0.2) is 17.8 Å². The lowest BCUT2D eigenvalue weighted by Crippen LogP contribution is -2.15. The molecule has 1 aromatic carbocycles. The molecule has 5 nitrogen and oxygen atoms in total. The number of halogens is 1. The van der Waals surface area contributed by atoms with Gasteiger partial charge in [-0.15, -0.1) is 0 Å². The minimum Gasteiger partial charge on any atom is -0.264 e. The minimum absolute atomic E-state index is 0.0486. The number of aromatic nitrogens is 2. The van der Waals surface area contributed by atoms with Crippen LogP contribution in [0.1, 0.15) is 0 Å². The van der Waals surface area contributed by atoms with Crippen LogP contribution in [0.2, 0.25) is 0 Å². The third kappa shape index (κ3) is 2.55. The minimum atomic E-state index is -3.94. The first kappa shape index (κ1) is 13.4. The van der Waals surface area contributed by atoms with Crippen molar-refractivity contribution in [1.82, 2.24) is 9.97 Å². The molecule has 7 heteroatoms. The first-order valence-electron chi connectivity index (χ1n) is 6.04. The van der Waals surface area contributed by atoms with E-state index < -0.39 is 15.8 Å². The van der Waals surface area contributed by atoms with Gasteiger partial charge in [-0.1, -0.05) is 12.1 Å². The van der Waals surface area contributed by atoms with Crippen LogP contribution in [0.3, 0.4) is 0 Å². The van der Waals surface area contributed by atoms with E-state index in [-0.39, 0.29) is 10.7 Å². The number of benzene rings is 1. The molecule has 2 heterocycles. The highest BCUT2D eigenvalue weighted by molar-refractivity contribution is 7.93. The predicted octanol–water partition coefficient (Wildman–Crippen LogP) is 2.57. The van der Waals surface area contributed by atoms with Gasteiger partial charge in [0.2, 0.25) is 0 Å². The average Bonchev–Trinajstić information content (AvgIpc) is 2.49. The van der Waals surface area contributed by atoms with Gasteiger partial charge >= 0.3 is 0 Å². The largest absolute Gasteiger partial charge is 0.264 e. The van der Waals surface area contributed by atoms with Crippen LogP contribution in [0.15, 0.2) is 59.9 Å². The Kier molecular flexibility index (Phi) is 3.26. The Bertz CT molecular complexity index is 907. The van der Waals surface area contributed by atoms with E-state index in [0.29, 0.717) is 10.8 Å². The van der Waals surface area contributed by atoms with E-state index in [4.69, 9.17) is 0 Å². The number of anilines is 1. The molecule has 0 saturated heterocycles. The van der Waals surface area contributed by atoms with Crippen LogP contribution in [-0.2, 0) is 10.0 Å². The number of sulfonamides is 1. The lowest BCUT2D eigenvalue weighted by molar-refractivity contribution is 0.598. The average molecular weight is 303 g/mol. The zero-order valence-electron chi connectivity index (χ0n) is 10.7. The molecule has 3 rings (SSSR count).